The first-order chi connectivity index (χ1) is 8.13. The Hall–Kier alpha value is -1.62. The Balaban J connectivity index is 2.30. The van der Waals surface area contributed by atoms with E-state index in [9.17, 15) is 4.79 Å². The molecule has 1 unspecified atom stereocenters. The van der Waals surface area contributed by atoms with Gasteiger partial charge in [-0.05, 0) is 32.8 Å². The molecule has 92 valence electrons. The van der Waals surface area contributed by atoms with Gasteiger partial charge in [-0.3, -0.25) is 15.6 Å². The number of anilines is 1. The zero-order chi connectivity index (χ0) is 12.4. The van der Waals surface area contributed by atoms with Gasteiger partial charge in [-0.25, -0.2) is 0 Å². The van der Waals surface area contributed by atoms with E-state index in [4.69, 9.17) is 5.84 Å². The van der Waals surface area contributed by atoms with Crippen LogP contribution < -0.4 is 11.3 Å². The Morgan fingerprint density at radius 1 is 1.65 bits per heavy atom. The lowest BCUT2D eigenvalue weighted by Gasteiger charge is -2.22. The second-order valence-electron chi connectivity index (χ2n) is 4.51. The van der Waals surface area contributed by atoms with Crippen LogP contribution in [0.5, 0.6) is 0 Å². The summed E-state index contributed by atoms with van der Waals surface area (Å²) in [5.41, 5.74) is 4.59. The highest BCUT2D eigenvalue weighted by Crippen LogP contribution is 2.23. The first-order valence-electron chi connectivity index (χ1n) is 5.87. The number of carbonyl (C=O) groups excluding carboxylic acids is 1. The van der Waals surface area contributed by atoms with Crippen molar-refractivity contribution in [1.29, 1.82) is 0 Å². The minimum Gasteiger partial charge on any atom is -0.336 e. The van der Waals surface area contributed by atoms with Crippen LogP contribution in [0.3, 0.4) is 0 Å². The molecule has 5 nitrogen and oxygen atoms in total. The summed E-state index contributed by atoms with van der Waals surface area (Å²) in [6.45, 7) is 4.76. The third-order valence-corrected chi connectivity index (χ3v) is 3.24. The molecule has 5 heteroatoms. The number of carbonyl (C=O) groups is 1. The van der Waals surface area contributed by atoms with Crippen LogP contribution in [-0.2, 0) is 0 Å². The topological polar surface area (TPSA) is 71.2 Å². The van der Waals surface area contributed by atoms with Crippen LogP contribution in [0.4, 0.5) is 5.69 Å². The summed E-state index contributed by atoms with van der Waals surface area (Å²) in [6.07, 6.45) is 3.73. The first kappa shape index (κ1) is 11.9. The lowest BCUT2D eigenvalue weighted by molar-refractivity contribution is 0.0748. The molecular weight excluding hydrogens is 216 g/mol. The highest BCUT2D eigenvalue weighted by atomic mass is 16.2. The standard InChI is InChI=1S/C12H18N4O/c1-8-6-11(15-13)10(7-14-8)12(17)16-5-3-4-9(16)2/h6-7,9H,3-5,13H2,1-2H3,(H,14,15). The van der Waals surface area contributed by atoms with Crippen molar-refractivity contribution in [3.8, 4) is 0 Å². The molecule has 0 aliphatic carbocycles. The number of likely N-dealkylation sites (tertiary alicyclic amines) is 1. The van der Waals surface area contributed by atoms with Crippen LogP contribution in [0.15, 0.2) is 12.3 Å². The fourth-order valence-electron chi connectivity index (χ4n) is 2.24. The van der Waals surface area contributed by atoms with E-state index in [0.29, 0.717) is 17.3 Å². The quantitative estimate of drug-likeness (QED) is 0.597. The molecule has 1 aromatic heterocycles. The molecule has 2 rings (SSSR count). The van der Waals surface area contributed by atoms with E-state index in [0.717, 1.165) is 25.1 Å². The van der Waals surface area contributed by atoms with E-state index in [-0.39, 0.29) is 5.91 Å². The molecule has 0 spiro atoms. The van der Waals surface area contributed by atoms with Crippen molar-refractivity contribution in [3.05, 3.63) is 23.5 Å². The van der Waals surface area contributed by atoms with Gasteiger partial charge in [-0.1, -0.05) is 0 Å². The van der Waals surface area contributed by atoms with Crippen LogP contribution in [-0.4, -0.2) is 28.4 Å². The molecule has 1 fully saturated rings. The molecular formula is C12H18N4O. The molecule has 3 N–H and O–H groups in total. The second-order valence-corrected chi connectivity index (χ2v) is 4.51. The number of nitrogens with one attached hydrogen (secondary N) is 1. The number of hydrazine groups is 1. The number of rotatable bonds is 2. The largest absolute Gasteiger partial charge is 0.336 e. The van der Waals surface area contributed by atoms with Gasteiger partial charge in [0.05, 0.1) is 11.3 Å². The van der Waals surface area contributed by atoms with Gasteiger partial charge in [0.1, 0.15) is 0 Å². The number of aromatic nitrogens is 1. The second kappa shape index (κ2) is 4.71. The predicted octanol–water partition coefficient (Wildman–Crippen LogP) is 1.30. The normalized spacial score (nSPS) is 19.5. The van der Waals surface area contributed by atoms with Crippen LogP contribution in [0.1, 0.15) is 35.8 Å². The molecule has 1 aliphatic heterocycles. The number of nitrogen functional groups attached to an aromatic ring is 1. The summed E-state index contributed by atoms with van der Waals surface area (Å²) in [5.74, 6) is 5.45. The van der Waals surface area contributed by atoms with Crippen molar-refractivity contribution in [3.63, 3.8) is 0 Å². The Bertz CT molecular complexity index is 433. The van der Waals surface area contributed by atoms with E-state index in [1.165, 1.54) is 0 Å². The Labute approximate surface area is 101 Å². The average Bonchev–Trinajstić information content (AvgIpc) is 2.74. The van der Waals surface area contributed by atoms with Crippen molar-refractivity contribution in [2.45, 2.75) is 32.7 Å². The van der Waals surface area contributed by atoms with Crippen molar-refractivity contribution >= 4 is 11.6 Å². The highest BCUT2D eigenvalue weighted by molar-refractivity contribution is 5.99. The summed E-state index contributed by atoms with van der Waals surface area (Å²) in [4.78, 5) is 18.4. The Morgan fingerprint density at radius 2 is 2.41 bits per heavy atom. The summed E-state index contributed by atoms with van der Waals surface area (Å²) < 4.78 is 0. The van der Waals surface area contributed by atoms with Crippen LogP contribution in [0.25, 0.3) is 0 Å². The van der Waals surface area contributed by atoms with Gasteiger partial charge in [0, 0.05) is 24.5 Å². The molecule has 1 aliphatic rings. The number of aryl methyl sites for hydroxylation is 1. The van der Waals surface area contributed by atoms with Crippen LogP contribution in [0, 0.1) is 6.92 Å². The summed E-state index contributed by atoms with van der Waals surface area (Å²) in [5, 5.41) is 0. The minimum atomic E-state index is 0.00968. The minimum absolute atomic E-state index is 0.00968. The SMILES string of the molecule is Cc1cc(NN)c(C(=O)N2CCCC2C)cn1. The van der Waals surface area contributed by atoms with Crippen molar-refractivity contribution in [2.24, 2.45) is 5.84 Å². The molecule has 0 bridgehead atoms. The molecule has 1 saturated heterocycles. The number of nitrogens with two attached hydrogens (primary N) is 1. The van der Waals surface area contributed by atoms with Crippen LogP contribution >= 0.6 is 0 Å². The highest BCUT2D eigenvalue weighted by Gasteiger charge is 2.27. The van der Waals surface area contributed by atoms with Gasteiger partial charge >= 0.3 is 0 Å². The van der Waals surface area contributed by atoms with Gasteiger partial charge in [-0.2, -0.15) is 0 Å². The molecule has 0 radical (unpaired) electrons. The summed E-state index contributed by atoms with van der Waals surface area (Å²) >= 11 is 0. The molecule has 0 saturated carbocycles. The molecule has 1 atom stereocenters. The maximum Gasteiger partial charge on any atom is 0.257 e. The lowest BCUT2D eigenvalue weighted by Crippen LogP contribution is -2.34. The zero-order valence-corrected chi connectivity index (χ0v) is 10.2. The third kappa shape index (κ3) is 2.24. The van der Waals surface area contributed by atoms with E-state index in [1.807, 2.05) is 11.8 Å². The Morgan fingerprint density at radius 3 is 3.00 bits per heavy atom. The van der Waals surface area contributed by atoms with Gasteiger partial charge in [0.25, 0.3) is 5.91 Å². The van der Waals surface area contributed by atoms with Crippen molar-refractivity contribution < 1.29 is 4.79 Å². The number of nitrogens with zero attached hydrogens (tertiary/aromatic N) is 2. The maximum atomic E-state index is 12.3. The zero-order valence-electron chi connectivity index (χ0n) is 10.2. The molecule has 0 aromatic carbocycles. The number of hydrogen-bond acceptors (Lipinski definition) is 4. The fraction of sp³-hybridized carbons (Fsp3) is 0.500. The Kier molecular flexibility index (Phi) is 3.28. The van der Waals surface area contributed by atoms with Gasteiger partial charge in [-0.15, -0.1) is 0 Å². The lowest BCUT2D eigenvalue weighted by atomic mass is 10.1. The monoisotopic (exact) mass is 234 g/mol. The van der Waals surface area contributed by atoms with Crippen molar-refractivity contribution in [1.82, 2.24) is 9.88 Å². The maximum absolute atomic E-state index is 12.3. The van der Waals surface area contributed by atoms with E-state index in [2.05, 4.69) is 17.3 Å². The average molecular weight is 234 g/mol. The summed E-state index contributed by atoms with van der Waals surface area (Å²) in [7, 11) is 0. The predicted molar refractivity (Wildman–Crippen MR) is 66.5 cm³/mol. The van der Waals surface area contributed by atoms with E-state index < -0.39 is 0 Å². The smallest absolute Gasteiger partial charge is 0.257 e. The third-order valence-electron chi connectivity index (χ3n) is 3.24. The van der Waals surface area contributed by atoms with Crippen molar-refractivity contribution in [2.75, 3.05) is 12.0 Å². The fourth-order valence-corrected chi connectivity index (χ4v) is 2.24. The summed E-state index contributed by atoms with van der Waals surface area (Å²) in [6, 6.07) is 2.09. The molecule has 17 heavy (non-hydrogen) atoms. The van der Waals surface area contributed by atoms with E-state index >= 15 is 0 Å². The first-order valence-corrected chi connectivity index (χ1v) is 5.87. The molecule has 1 aromatic rings. The number of pyridine rings is 1. The van der Waals surface area contributed by atoms with Gasteiger partial charge in [0.15, 0.2) is 0 Å². The molecule has 2 heterocycles. The molecule has 1 amide bonds. The van der Waals surface area contributed by atoms with Gasteiger partial charge < -0.3 is 10.3 Å². The van der Waals surface area contributed by atoms with Crippen LogP contribution in [0.2, 0.25) is 0 Å². The van der Waals surface area contributed by atoms with E-state index in [1.54, 1.807) is 12.3 Å². The number of amides is 1. The number of hydrogen-bond donors (Lipinski definition) is 2. The van der Waals surface area contributed by atoms with Gasteiger partial charge in [0.2, 0.25) is 0 Å².